The molecular formula is C7H9N3S. The summed E-state index contributed by atoms with van der Waals surface area (Å²) in [6.07, 6.45) is 2.49. The number of hydrogen-bond donors (Lipinski definition) is 2. The zero-order valence-corrected chi connectivity index (χ0v) is 6.82. The van der Waals surface area contributed by atoms with Gasteiger partial charge in [-0.1, -0.05) is 0 Å². The third-order valence-corrected chi connectivity index (χ3v) is 2.00. The molecule has 0 unspecified atom stereocenters. The molecule has 0 aliphatic heterocycles. The zero-order chi connectivity index (χ0) is 7.84. The quantitative estimate of drug-likeness (QED) is 0.625. The van der Waals surface area contributed by atoms with Crippen molar-refractivity contribution in [3.8, 4) is 0 Å². The van der Waals surface area contributed by atoms with Crippen LogP contribution in [0.3, 0.4) is 0 Å². The summed E-state index contributed by atoms with van der Waals surface area (Å²) < 4.78 is 0.493. The number of aromatic amines is 1. The molecule has 3 N–H and O–H groups in total. The van der Waals surface area contributed by atoms with Crippen LogP contribution in [0.5, 0.6) is 0 Å². The smallest absolute Gasteiger partial charge is 0.198 e. The SMILES string of the molecule is Nc1cc(C2CC2)[nH]c(=S)n1. The molecule has 1 aromatic heterocycles. The topological polar surface area (TPSA) is 54.7 Å². The van der Waals surface area contributed by atoms with E-state index in [-0.39, 0.29) is 0 Å². The van der Waals surface area contributed by atoms with Gasteiger partial charge in [0.1, 0.15) is 5.82 Å². The highest BCUT2D eigenvalue weighted by Crippen LogP contribution is 2.38. The van der Waals surface area contributed by atoms with E-state index in [9.17, 15) is 0 Å². The summed E-state index contributed by atoms with van der Waals surface area (Å²) in [5.41, 5.74) is 6.67. The summed E-state index contributed by atoms with van der Waals surface area (Å²) in [6.45, 7) is 0. The van der Waals surface area contributed by atoms with Crippen molar-refractivity contribution in [1.29, 1.82) is 0 Å². The summed E-state index contributed by atoms with van der Waals surface area (Å²) in [7, 11) is 0. The van der Waals surface area contributed by atoms with Crippen molar-refractivity contribution in [3.63, 3.8) is 0 Å². The van der Waals surface area contributed by atoms with Crippen LogP contribution in [-0.2, 0) is 0 Å². The van der Waals surface area contributed by atoms with Crippen LogP contribution in [-0.4, -0.2) is 9.97 Å². The van der Waals surface area contributed by atoms with E-state index < -0.39 is 0 Å². The van der Waals surface area contributed by atoms with E-state index in [0.29, 0.717) is 16.5 Å². The second-order valence-corrected chi connectivity index (χ2v) is 3.23. The zero-order valence-electron chi connectivity index (χ0n) is 6.00. The molecule has 0 amide bonds. The average Bonchev–Trinajstić information content (AvgIpc) is 2.64. The van der Waals surface area contributed by atoms with E-state index >= 15 is 0 Å². The molecule has 0 atom stereocenters. The number of nitrogens with one attached hydrogen (secondary N) is 1. The molecule has 0 saturated heterocycles. The minimum atomic E-state index is 0.493. The molecule has 58 valence electrons. The number of nitrogen functional groups attached to an aromatic ring is 1. The van der Waals surface area contributed by atoms with Crippen molar-refractivity contribution in [1.82, 2.24) is 9.97 Å². The van der Waals surface area contributed by atoms with E-state index in [1.54, 1.807) is 0 Å². The largest absolute Gasteiger partial charge is 0.384 e. The monoisotopic (exact) mass is 167 g/mol. The summed E-state index contributed by atoms with van der Waals surface area (Å²) in [5.74, 6) is 1.18. The Morgan fingerprint density at radius 2 is 2.36 bits per heavy atom. The van der Waals surface area contributed by atoms with Gasteiger partial charge >= 0.3 is 0 Å². The van der Waals surface area contributed by atoms with Gasteiger partial charge in [0.2, 0.25) is 0 Å². The van der Waals surface area contributed by atoms with E-state index in [4.69, 9.17) is 18.0 Å². The van der Waals surface area contributed by atoms with Gasteiger partial charge in [-0.15, -0.1) is 0 Å². The van der Waals surface area contributed by atoms with Crippen LogP contribution in [0, 0.1) is 4.77 Å². The number of anilines is 1. The Hall–Kier alpha value is -0.900. The summed E-state index contributed by atoms with van der Waals surface area (Å²) in [4.78, 5) is 6.92. The maximum atomic E-state index is 5.53. The second-order valence-electron chi connectivity index (χ2n) is 2.84. The third-order valence-electron chi connectivity index (χ3n) is 1.80. The molecule has 0 radical (unpaired) electrons. The highest BCUT2D eigenvalue weighted by atomic mass is 32.1. The van der Waals surface area contributed by atoms with Crippen molar-refractivity contribution in [2.45, 2.75) is 18.8 Å². The van der Waals surface area contributed by atoms with Gasteiger partial charge in [0.25, 0.3) is 0 Å². The molecular weight excluding hydrogens is 158 g/mol. The molecule has 1 aromatic rings. The number of nitrogens with zero attached hydrogens (tertiary/aromatic N) is 1. The molecule has 0 bridgehead atoms. The molecule has 3 nitrogen and oxygen atoms in total. The minimum absolute atomic E-state index is 0.493. The standard InChI is InChI=1S/C7H9N3S/c8-6-3-5(4-1-2-4)9-7(11)10-6/h3-4H,1-2H2,(H3,8,9,10,11). The third kappa shape index (κ3) is 1.40. The first kappa shape index (κ1) is 6.79. The van der Waals surface area contributed by atoms with Crippen molar-refractivity contribution < 1.29 is 0 Å². The number of hydrogen-bond acceptors (Lipinski definition) is 3. The molecule has 1 fully saturated rings. The Kier molecular flexibility index (Phi) is 1.42. The number of rotatable bonds is 1. The minimum Gasteiger partial charge on any atom is -0.384 e. The predicted octanol–water partition coefficient (Wildman–Crippen LogP) is 1.60. The highest BCUT2D eigenvalue weighted by molar-refractivity contribution is 7.71. The van der Waals surface area contributed by atoms with Crippen LogP contribution in [0.15, 0.2) is 6.07 Å². The predicted molar refractivity (Wildman–Crippen MR) is 45.8 cm³/mol. The Bertz CT molecular complexity index is 327. The van der Waals surface area contributed by atoms with Crippen LogP contribution >= 0.6 is 12.2 Å². The molecule has 1 aliphatic rings. The molecule has 2 rings (SSSR count). The van der Waals surface area contributed by atoms with E-state index in [0.717, 1.165) is 5.69 Å². The molecule has 1 saturated carbocycles. The molecule has 0 aromatic carbocycles. The van der Waals surface area contributed by atoms with Crippen LogP contribution in [0.1, 0.15) is 24.5 Å². The Morgan fingerprint density at radius 3 is 2.91 bits per heavy atom. The molecule has 1 heterocycles. The molecule has 11 heavy (non-hydrogen) atoms. The molecule has 4 heteroatoms. The highest BCUT2D eigenvalue weighted by Gasteiger charge is 2.24. The lowest BCUT2D eigenvalue weighted by atomic mass is 10.3. The Labute approximate surface area is 69.7 Å². The van der Waals surface area contributed by atoms with Crippen molar-refractivity contribution in [3.05, 3.63) is 16.5 Å². The van der Waals surface area contributed by atoms with Crippen molar-refractivity contribution in [2.24, 2.45) is 0 Å². The number of H-pyrrole nitrogens is 1. The van der Waals surface area contributed by atoms with E-state index in [2.05, 4.69) is 9.97 Å². The van der Waals surface area contributed by atoms with E-state index in [1.807, 2.05) is 6.07 Å². The van der Waals surface area contributed by atoms with E-state index in [1.165, 1.54) is 12.8 Å². The lowest BCUT2D eigenvalue weighted by molar-refractivity contribution is 0.978. The first-order valence-corrected chi connectivity index (χ1v) is 4.03. The maximum absolute atomic E-state index is 5.53. The van der Waals surface area contributed by atoms with Gasteiger partial charge in [-0.05, 0) is 37.0 Å². The van der Waals surface area contributed by atoms with Crippen LogP contribution in [0.25, 0.3) is 0 Å². The van der Waals surface area contributed by atoms with Gasteiger partial charge in [-0.2, -0.15) is 0 Å². The summed E-state index contributed by atoms with van der Waals surface area (Å²) in [5, 5.41) is 0. The fourth-order valence-electron chi connectivity index (χ4n) is 1.11. The van der Waals surface area contributed by atoms with Crippen molar-refractivity contribution in [2.75, 3.05) is 5.73 Å². The molecule has 1 aliphatic carbocycles. The van der Waals surface area contributed by atoms with Crippen LogP contribution < -0.4 is 5.73 Å². The maximum Gasteiger partial charge on any atom is 0.198 e. The van der Waals surface area contributed by atoms with Gasteiger partial charge in [0.15, 0.2) is 4.77 Å². The number of nitrogens with two attached hydrogens (primary N) is 1. The second kappa shape index (κ2) is 2.30. The number of aromatic nitrogens is 2. The van der Waals surface area contributed by atoms with Gasteiger partial charge in [-0.25, -0.2) is 4.98 Å². The summed E-state index contributed by atoms with van der Waals surface area (Å²) in [6, 6.07) is 1.87. The first-order chi connectivity index (χ1) is 5.25. The van der Waals surface area contributed by atoms with Gasteiger partial charge in [0, 0.05) is 5.69 Å². The van der Waals surface area contributed by atoms with Gasteiger partial charge < -0.3 is 10.7 Å². The fraction of sp³-hybridized carbons (Fsp3) is 0.429. The lowest BCUT2D eigenvalue weighted by Gasteiger charge is -1.98. The normalized spacial score (nSPS) is 16.7. The Balaban J connectivity index is 2.47. The van der Waals surface area contributed by atoms with Crippen LogP contribution in [0.2, 0.25) is 0 Å². The lowest BCUT2D eigenvalue weighted by Crippen LogP contribution is -1.95. The molecule has 0 spiro atoms. The van der Waals surface area contributed by atoms with Crippen molar-refractivity contribution >= 4 is 18.0 Å². The average molecular weight is 167 g/mol. The summed E-state index contributed by atoms with van der Waals surface area (Å²) >= 11 is 4.89. The van der Waals surface area contributed by atoms with Gasteiger partial charge in [0.05, 0.1) is 0 Å². The van der Waals surface area contributed by atoms with Crippen LogP contribution in [0.4, 0.5) is 5.82 Å². The first-order valence-electron chi connectivity index (χ1n) is 3.62. The Morgan fingerprint density at radius 1 is 1.64 bits per heavy atom. The fourth-order valence-corrected chi connectivity index (χ4v) is 1.33. The van der Waals surface area contributed by atoms with Gasteiger partial charge in [-0.3, -0.25) is 0 Å².